The number of carbonyl (C=O) groups is 3. The Morgan fingerprint density at radius 2 is 1.90 bits per heavy atom. The molecule has 0 saturated heterocycles. The van der Waals surface area contributed by atoms with Crippen LogP contribution in [0.25, 0.3) is 5.53 Å². The zero-order valence-electron chi connectivity index (χ0n) is 11.3. The fourth-order valence-electron chi connectivity index (χ4n) is 1.05. The predicted molar refractivity (Wildman–Crippen MR) is 69.6 cm³/mol. The highest BCUT2D eigenvalue weighted by Gasteiger charge is 2.30. The van der Waals surface area contributed by atoms with E-state index in [-0.39, 0.29) is 13.0 Å². The first-order valence-electron chi connectivity index (χ1n) is 5.73. The van der Waals surface area contributed by atoms with Gasteiger partial charge in [-0.3, -0.25) is 13.8 Å². The van der Waals surface area contributed by atoms with Crippen molar-refractivity contribution < 1.29 is 36.5 Å². The second kappa shape index (κ2) is 8.90. The van der Waals surface area contributed by atoms with Crippen LogP contribution in [0.3, 0.4) is 0 Å². The lowest BCUT2D eigenvalue weighted by atomic mass is 10.1. The van der Waals surface area contributed by atoms with Gasteiger partial charge in [0.1, 0.15) is 6.61 Å². The summed E-state index contributed by atoms with van der Waals surface area (Å²) in [6, 6.07) is 0. The predicted octanol–water partition coefficient (Wildman–Crippen LogP) is -0.371. The number of hydrogen-bond acceptors (Lipinski definition) is 7. The standard InChI is InChI=1S/C11H14N2O7S/c1-3-19-11(16)10(13-12)9(15)6-5-8(14)7-20-21(17,18)4-2/h4H,2-3,5-7H2,1H3. The number of nitrogens with zero attached hydrogens (tertiary/aromatic N) is 2. The van der Waals surface area contributed by atoms with E-state index in [0.29, 0.717) is 5.41 Å². The maximum atomic E-state index is 11.5. The molecule has 0 radical (unpaired) electrons. The van der Waals surface area contributed by atoms with Crippen LogP contribution in [-0.4, -0.2) is 49.7 Å². The molecule has 0 rings (SSSR count). The molecule has 10 heteroatoms. The molecule has 0 bridgehead atoms. The number of ether oxygens (including phenoxy) is 1. The van der Waals surface area contributed by atoms with E-state index in [0.717, 1.165) is 0 Å². The largest absolute Gasteiger partial charge is 0.457 e. The van der Waals surface area contributed by atoms with Gasteiger partial charge in [-0.15, -0.1) is 0 Å². The van der Waals surface area contributed by atoms with Crippen LogP contribution in [-0.2, 0) is 33.4 Å². The van der Waals surface area contributed by atoms with Crippen LogP contribution in [0, 0.1) is 0 Å². The summed E-state index contributed by atoms with van der Waals surface area (Å²) >= 11 is 0. The number of carbonyl (C=O) groups excluding carboxylic acids is 3. The van der Waals surface area contributed by atoms with Crippen molar-refractivity contribution in [2.24, 2.45) is 0 Å². The molecule has 0 aliphatic carbocycles. The van der Waals surface area contributed by atoms with Gasteiger partial charge < -0.3 is 10.3 Å². The van der Waals surface area contributed by atoms with Crippen LogP contribution in [0.4, 0.5) is 0 Å². The highest BCUT2D eigenvalue weighted by molar-refractivity contribution is 7.89. The van der Waals surface area contributed by atoms with Crippen molar-refractivity contribution in [1.82, 2.24) is 0 Å². The summed E-state index contributed by atoms with van der Waals surface area (Å²) in [4.78, 5) is 36.6. The molecule has 0 atom stereocenters. The molecule has 21 heavy (non-hydrogen) atoms. The molecule has 0 fully saturated rings. The first-order valence-corrected chi connectivity index (χ1v) is 7.20. The van der Waals surface area contributed by atoms with Crippen molar-refractivity contribution >= 4 is 33.4 Å². The van der Waals surface area contributed by atoms with Crippen LogP contribution in [0.15, 0.2) is 12.0 Å². The van der Waals surface area contributed by atoms with Crippen LogP contribution in [0.2, 0.25) is 0 Å². The summed E-state index contributed by atoms with van der Waals surface area (Å²) in [5.74, 6) is -2.70. The van der Waals surface area contributed by atoms with E-state index in [4.69, 9.17) is 5.53 Å². The molecule has 0 aliphatic heterocycles. The fourth-order valence-corrected chi connectivity index (χ4v) is 1.44. The molecule has 0 amide bonds. The minimum Gasteiger partial charge on any atom is -0.457 e. The van der Waals surface area contributed by atoms with Crippen LogP contribution in [0.1, 0.15) is 19.8 Å². The molecule has 0 aromatic rings. The zero-order valence-corrected chi connectivity index (χ0v) is 12.1. The molecular weight excluding hydrogens is 304 g/mol. The maximum Gasteiger partial charge on any atom is 0.441 e. The third-order valence-electron chi connectivity index (χ3n) is 2.05. The number of rotatable bonds is 10. The minimum atomic E-state index is -3.97. The molecule has 9 nitrogen and oxygen atoms in total. The van der Waals surface area contributed by atoms with Crippen LogP contribution < -0.4 is 0 Å². The van der Waals surface area contributed by atoms with Crippen LogP contribution in [0.5, 0.6) is 0 Å². The summed E-state index contributed by atoms with van der Waals surface area (Å²) in [7, 11) is -3.97. The summed E-state index contributed by atoms with van der Waals surface area (Å²) < 4.78 is 30.5. The number of hydrogen-bond donors (Lipinski definition) is 0. The Labute approximate surface area is 121 Å². The van der Waals surface area contributed by atoms with E-state index in [1.54, 1.807) is 0 Å². The second-order valence-corrected chi connectivity index (χ2v) is 5.11. The summed E-state index contributed by atoms with van der Waals surface area (Å²) in [6.07, 6.45) is -0.835. The molecular formula is C11H14N2O7S. The Kier molecular flexibility index (Phi) is 7.99. The summed E-state index contributed by atoms with van der Waals surface area (Å²) in [5.41, 5.74) is 7.74. The fraction of sp³-hybridized carbons (Fsp3) is 0.455. The number of ketones is 2. The highest BCUT2D eigenvalue weighted by atomic mass is 32.2. The Hall–Kier alpha value is -2.16. The maximum absolute atomic E-state index is 11.5. The van der Waals surface area contributed by atoms with Gasteiger partial charge in [-0.2, -0.15) is 13.2 Å². The molecule has 0 aromatic heterocycles. The second-order valence-electron chi connectivity index (χ2n) is 3.55. The lowest BCUT2D eigenvalue weighted by Crippen LogP contribution is -2.28. The quantitative estimate of drug-likeness (QED) is 0.134. The molecule has 116 valence electrons. The molecule has 0 aliphatic rings. The van der Waals surface area contributed by atoms with Crippen molar-refractivity contribution in [3.05, 3.63) is 17.5 Å². The number of esters is 1. The van der Waals surface area contributed by atoms with Gasteiger partial charge in [0.2, 0.25) is 0 Å². The first kappa shape index (κ1) is 18.8. The van der Waals surface area contributed by atoms with E-state index < -0.39 is 46.4 Å². The molecule has 0 saturated carbocycles. The average Bonchev–Trinajstić information content (AvgIpc) is 2.44. The first-order chi connectivity index (χ1) is 9.77. The third kappa shape index (κ3) is 7.25. The van der Waals surface area contributed by atoms with E-state index in [2.05, 4.69) is 20.3 Å². The molecule has 0 N–H and O–H groups in total. The van der Waals surface area contributed by atoms with Gasteiger partial charge in [-0.05, 0) is 6.92 Å². The van der Waals surface area contributed by atoms with Crippen molar-refractivity contribution in [1.29, 1.82) is 0 Å². The monoisotopic (exact) mass is 318 g/mol. The number of Topliss-reactive ketones (excluding diaryl/α,β-unsaturated/α-hetero) is 2. The Morgan fingerprint density at radius 3 is 2.38 bits per heavy atom. The Morgan fingerprint density at radius 1 is 1.29 bits per heavy atom. The minimum absolute atomic E-state index is 0.0166. The lowest BCUT2D eigenvalue weighted by Gasteiger charge is -2.00. The third-order valence-corrected chi connectivity index (χ3v) is 2.91. The Bertz CT molecular complexity index is 588. The van der Waals surface area contributed by atoms with Crippen molar-refractivity contribution in [3.8, 4) is 0 Å². The van der Waals surface area contributed by atoms with Gasteiger partial charge >= 0.3 is 11.7 Å². The van der Waals surface area contributed by atoms with Gasteiger partial charge in [-0.25, -0.2) is 4.79 Å². The lowest BCUT2D eigenvalue weighted by molar-refractivity contribution is -0.142. The zero-order chi connectivity index (χ0) is 16.5. The average molecular weight is 318 g/mol. The Balaban J connectivity index is 4.42. The normalized spacial score (nSPS) is 10.3. The van der Waals surface area contributed by atoms with Crippen molar-refractivity contribution in [2.45, 2.75) is 19.8 Å². The van der Waals surface area contributed by atoms with Gasteiger partial charge in [0.25, 0.3) is 15.9 Å². The van der Waals surface area contributed by atoms with Crippen LogP contribution >= 0.6 is 0 Å². The summed E-state index contributed by atoms with van der Waals surface area (Å²) in [6.45, 7) is 3.71. The molecule has 0 aromatic carbocycles. The summed E-state index contributed by atoms with van der Waals surface area (Å²) in [5, 5.41) is 0.530. The van der Waals surface area contributed by atoms with E-state index in [1.807, 2.05) is 0 Å². The van der Waals surface area contributed by atoms with Gasteiger partial charge in [0.05, 0.1) is 12.0 Å². The van der Waals surface area contributed by atoms with Gasteiger partial charge in [0, 0.05) is 12.8 Å². The van der Waals surface area contributed by atoms with E-state index in [1.165, 1.54) is 6.92 Å². The smallest absolute Gasteiger partial charge is 0.441 e. The molecule has 0 spiro atoms. The molecule has 0 heterocycles. The SMILES string of the molecule is C=CS(=O)(=O)OCC(=O)CCC(=O)C(=[N+]=[N-])C(=O)OCC. The van der Waals surface area contributed by atoms with Crippen molar-refractivity contribution in [2.75, 3.05) is 13.2 Å². The van der Waals surface area contributed by atoms with Gasteiger partial charge in [0.15, 0.2) is 5.78 Å². The van der Waals surface area contributed by atoms with E-state index >= 15 is 0 Å². The van der Waals surface area contributed by atoms with Gasteiger partial charge in [-0.1, -0.05) is 6.58 Å². The topological polar surface area (TPSA) is 140 Å². The van der Waals surface area contributed by atoms with E-state index in [9.17, 15) is 22.8 Å². The van der Waals surface area contributed by atoms with Crippen molar-refractivity contribution in [3.63, 3.8) is 0 Å². The molecule has 0 unspecified atom stereocenters. The highest BCUT2D eigenvalue weighted by Crippen LogP contribution is 2.00.